The van der Waals surface area contributed by atoms with Crippen molar-refractivity contribution >= 4 is 11.8 Å². The number of halogens is 2. The van der Waals surface area contributed by atoms with Crippen molar-refractivity contribution in [3.8, 4) is 5.75 Å². The summed E-state index contributed by atoms with van der Waals surface area (Å²) in [7, 11) is 1.42. The molecule has 0 aliphatic carbocycles. The fraction of sp³-hybridized carbons (Fsp3) is 0.0769. The predicted molar refractivity (Wildman–Crippen MR) is 63.5 cm³/mol. The summed E-state index contributed by atoms with van der Waals surface area (Å²) in [6, 6.07) is 10.8. The van der Waals surface area contributed by atoms with Crippen LogP contribution in [-0.4, -0.2) is 7.11 Å². The van der Waals surface area contributed by atoms with Gasteiger partial charge < -0.3 is 4.74 Å². The Morgan fingerprint density at radius 3 is 2.24 bits per heavy atom. The second-order valence-electron chi connectivity index (χ2n) is 3.35. The zero-order valence-electron chi connectivity index (χ0n) is 9.11. The molecule has 0 atom stereocenters. The summed E-state index contributed by atoms with van der Waals surface area (Å²) >= 11 is 1.42. The zero-order valence-corrected chi connectivity index (χ0v) is 9.93. The predicted octanol–water partition coefficient (Wildman–Crippen LogP) is 4.12. The Balaban J connectivity index is 2.21. The Morgan fingerprint density at radius 1 is 0.941 bits per heavy atom. The Hall–Kier alpha value is -1.55. The van der Waals surface area contributed by atoms with Crippen molar-refractivity contribution in [1.82, 2.24) is 0 Å². The van der Waals surface area contributed by atoms with E-state index in [1.165, 1.54) is 37.1 Å². The smallest absolute Gasteiger partial charge is 0.165 e. The highest BCUT2D eigenvalue weighted by Crippen LogP contribution is 2.31. The second kappa shape index (κ2) is 5.19. The van der Waals surface area contributed by atoms with Gasteiger partial charge in [0.25, 0.3) is 0 Å². The third-order valence-corrected chi connectivity index (χ3v) is 3.17. The van der Waals surface area contributed by atoms with Crippen LogP contribution >= 0.6 is 11.8 Å². The van der Waals surface area contributed by atoms with Gasteiger partial charge in [-0.15, -0.1) is 0 Å². The average Bonchev–Trinajstić information content (AvgIpc) is 2.34. The zero-order chi connectivity index (χ0) is 12.3. The minimum atomic E-state index is -0.393. The van der Waals surface area contributed by atoms with Gasteiger partial charge in [-0.2, -0.15) is 0 Å². The molecule has 0 aromatic heterocycles. The molecule has 1 nitrogen and oxygen atoms in total. The molecular weight excluding hydrogens is 242 g/mol. The first kappa shape index (κ1) is 11.9. The number of methoxy groups -OCH3 is 1. The minimum absolute atomic E-state index is 0.206. The van der Waals surface area contributed by atoms with Gasteiger partial charge in [0.15, 0.2) is 11.6 Å². The van der Waals surface area contributed by atoms with Gasteiger partial charge in [0.05, 0.1) is 7.11 Å². The van der Waals surface area contributed by atoms with Gasteiger partial charge in [0, 0.05) is 9.79 Å². The molecular formula is C13H10F2OS. The minimum Gasteiger partial charge on any atom is -0.494 e. The summed E-state index contributed by atoms with van der Waals surface area (Å²) in [5.74, 6) is -0.459. The third kappa shape index (κ3) is 2.97. The van der Waals surface area contributed by atoms with Crippen LogP contribution in [0.2, 0.25) is 0 Å². The van der Waals surface area contributed by atoms with Gasteiger partial charge in [-0.25, -0.2) is 8.78 Å². The van der Waals surface area contributed by atoms with Crippen molar-refractivity contribution in [3.63, 3.8) is 0 Å². The van der Waals surface area contributed by atoms with Crippen molar-refractivity contribution in [2.24, 2.45) is 0 Å². The Morgan fingerprint density at radius 2 is 1.59 bits per heavy atom. The van der Waals surface area contributed by atoms with Gasteiger partial charge in [-0.1, -0.05) is 11.8 Å². The fourth-order valence-corrected chi connectivity index (χ4v) is 2.19. The lowest BCUT2D eigenvalue weighted by Crippen LogP contribution is -1.87. The van der Waals surface area contributed by atoms with E-state index in [2.05, 4.69) is 0 Å². The Kier molecular flexibility index (Phi) is 3.64. The van der Waals surface area contributed by atoms with E-state index < -0.39 is 5.82 Å². The summed E-state index contributed by atoms with van der Waals surface area (Å²) in [6.45, 7) is 0. The SMILES string of the molecule is COc1cc(Sc2ccc(F)cc2)ccc1F. The molecule has 0 aliphatic rings. The summed E-state index contributed by atoms with van der Waals surface area (Å²) < 4.78 is 30.8. The Bertz CT molecular complexity index is 511. The molecule has 0 saturated heterocycles. The summed E-state index contributed by atoms with van der Waals surface area (Å²) in [5, 5.41) is 0. The maximum atomic E-state index is 13.2. The highest BCUT2D eigenvalue weighted by atomic mass is 32.2. The highest BCUT2D eigenvalue weighted by Gasteiger charge is 2.04. The van der Waals surface area contributed by atoms with Gasteiger partial charge in [-0.3, -0.25) is 0 Å². The van der Waals surface area contributed by atoms with Crippen molar-refractivity contribution in [2.45, 2.75) is 9.79 Å². The van der Waals surface area contributed by atoms with Crippen LogP contribution in [0.15, 0.2) is 52.3 Å². The summed E-state index contributed by atoms with van der Waals surface area (Å²) in [5.41, 5.74) is 0. The molecule has 17 heavy (non-hydrogen) atoms. The molecule has 0 amide bonds. The van der Waals surface area contributed by atoms with Crippen molar-refractivity contribution in [3.05, 3.63) is 54.1 Å². The van der Waals surface area contributed by atoms with Gasteiger partial charge in [0.1, 0.15) is 5.82 Å². The van der Waals surface area contributed by atoms with Gasteiger partial charge in [-0.05, 0) is 42.5 Å². The first-order valence-electron chi connectivity index (χ1n) is 4.96. The number of hydrogen-bond donors (Lipinski definition) is 0. The van der Waals surface area contributed by atoms with Crippen molar-refractivity contribution in [2.75, 3.05) is 7.11 Å². The monoisotopic (exact) mass is 252 g/mol. The molecule has 0 aliphatic heterocycles. The lowest BCUT2D eigenvalue weighted by Gasteiger charge is -2.05. The molecule has 2 aromatic carbocycles. The van der Waals surface area contributed by atoms with Gasteiger partial charge >= 0.3 is 0 Å². The van der Waals surface area contributed by atoms with Crippen molar-refractivity contribution in [1.29, 1.82) is 0 Å². The standard InChI is InChI=1S/C13H10F2OS/c1-16-13-8-11(6-7-12(13)15)17-10-4-2-9(14)3-5-10/h2-8H,1H3. The molecule has 4 heteroatoms. The maximum absolute atomic E-state index is 13.2. The fourth-order valence-electron chi connectivity index (χ4n) is 1.34. The van der Waals surface area contributed by atoms with Crippen LogP contribution in [0.4, 0.5) is 8.78 Å². The lowest BCUT2D eigenvalue weighted by molar-refractivity contribution is 0.385. The molecule has 0 spiro atoms. The molecule has 2 rings (SSSR count). The normalized spacial score (nSPS) is 10.3. The highest BCUT2D eigenvalue weighted by molar-refractivity contribution is 7.99. The summed E-state index contributed by atoms with van der Waals surface area (Å²) in [4.78, 5) is 1.73. The number of hydrogen-bond acceptors (Lipinski definition) is 2. The lowest BCUT2D eigenvalue weighted by atomic mass is 10.3. The summed E-state index contributed by atoms with van der Waals surface area (Å²) in [6.07, 6.45) is 0. The van der Waals surface area contributed by atoms with E-state index in [0.717, 1.165) is 9.79 Å². The topological polar surface area (TPSA) is 9.23 Å². The van der Waals surface area contributed by atoms with E-state index in [1.54, 1.807) is 24.3 Å². The average molecular weight is 252 g/mol. The molecule has 2 aromatic rings. The number of ether oxygens (including phenoxy) is 1. The quantitative estimate of drug-likeness (QED) is 0.812. The van der Waals surface area contributed by atoms with Crippen LogP contribution in [0.25, 0.3) is 0 Å². The van der Waals surface area contributed by atoms with E-state index in [1.807, 2.05) is 0 Å². The molecule has 0 N–H and O–H groups in total. The Labute approximate surface area is 102 Å². The molecule has 0 heterocycles. The van der Waals surface area contributed by atoms with E-state index in [0.29, 0.717) is 0 Å². The molecule has 0 bridgehead atoms. The van der Waals surface area contributed by atoms with Crippen LogP contribution in [0.1, 0.15) is 0 Å². The molecule has 88 valence electrons. The molecule has 0 saturated carbocycles. The number of benzene rings is 2. The first-order valence-corrected chi connectivity index (χ1v) is 5.77. The number of rotatable bonds is 3. The van der Waals surface area contributed by atoms with E-state index in [9.17, 15) is 8.78 Å². The van der Waals surface area contributed by atoms with Crippen LogP contribution in [0.3, 0.4) is 0 Å². The maximum Gasteiger partial charge on any atom is 0.165 e. The van der Waals surface area contributed by atoms with Crippen LogP contribution < -0.4 is 4.74 Å². The van der Waals surface area contributed by atoms with E-state index >= 15 is 0 Å². The first-order chi connectivity index (χ1) is 8.19. The van der Waals surface area contributed by atoms with Gasteiger partial charge in [0.2, 0.25) is 0 Å². The second-order valence-corrected chi connectivity index (χ2v) is 4.50. The molecule has 0 fully saturated rings. The molecule has 0 radical (unpaired) electrons. The largest absolute Gasteiger partial charge is 0.494 e. The van der Waals surface area contributed by atoms with Crippen LogP contribution in [0, 0.1) is 11.6 Å². The van der Waals surface area contributed by atoms with E-state index in [4.69, 9.17) is 4.74 Å². The van der Waals surface area contributed by atoms with E-state index in [-0.39, 0.29) is 11.6 Å². The van der Waals surface area contributed by atoms with Crippen LogP contribution in [-0.2, 0) is 0 Å². The third-order valence-electron chi connectivity index (χ3n) is 2.17. The van der Waals surface area contributed by atoms with Crippen molar-refractivity contribution < 1.29 is 13.5 Å². The van der Waals surface area contributed by atoms with Crippen LogP contribution in [0.5, 0.6) is 5.75 Å². The molecule has 0 unspecified atom stereocenters.